The fourth-order valence-corrected chi connectivity index (χ4v) is 5.07. The van der Waals surface area contributed by atoms with Gasteiger partial charge < -0.3 is 4.74 Å². The third-order valence-corrected chi connectivity index (χ3v) is 6.56. The number of sulfonamides is 1. The molecule has 0 bridgehead atoms. The lowest BCUT2D eigenvalue weighted by Crippen LogP contribution is -2.14. The van der Waals surface area contributed by atoms with Crippen molar-refractivity contribution in [2.75, 3.05) is 17.6 Å². The van der Waals surface area contributed by atoms with Crippen LogP contribution in [0, 0.1) is 13.8 Å². The van der Waals surface area contributed by atoms with E-state index < -0.39 is 10.0 Å². The van der Waals surface area contributed by atoms with E-state index in [1.165, 1.54) is 29.2 Å². The number of hydrogen-bond acceptors (Lipinski definition) is 7. The van der Waals surface area contributed by atoms with Crippen molar-refractivity contribution in [3.63, 3.8) is 0 Å². The van der Waals surface area contributed by atoms with E-state index in [2.05, 4.69) is 14.9 Å². The van der Waals surface area contributed by atoms with Crippen LogP contribution in [0.25, 0.3) is 0 Å². The Balaban J connectivity index is 2.32. The molecule has 9 heteroatoms. The van der Waals surface area contributed by atoms with Crippen LogP contribution in [0.1, 0.15) is 18.1 Å². The Labute approximate surface area is 138 Å². The molecule has 6 nitrogen and oxygen atoms in total. The van der Waals surface area contributed by atoms with Gasteiger partial charge in [-0.2, -0.15) is 0 Å². The van der Waals surface area contributed by atoms with Crippen LogP contribution in [0.3, 0.4) is 0 Å². The first-order valence-corrected chi connectivity index (χ1v) is 9.81. The standard InChI is InChI=1S/C13H17N3O3S3/c1-5-20-13-15-14-12(21-13)16-22(17,18)11-7-6-10(19-4)8(2)9(11)3/h6-7H,5H2,1-4H3,(H,14,16). The number of ether oxygens (including phenoxy) is 1. The summed E-state index contributed by atoms with van der Waals surface area (Å²) in [5, 5.41) is 8.07. The quantitative estimate of drug-likeness (QED) is 0.798. The number of benzene rings is 1. The molecule has 22 heavy (non-hydrogen) atoms. The summed E-state index contributed by atoms with van der Waals surface area (Å²) in [6.45, 7) is 5.58. The number of nitrogens with zero attached hydrogens (tertiary/aromatic N) is 2. The molecule has 2 rings (SSSR count). The lowest BCUT2D eigenvalue weighted by Gasteiger charge is -2.13. The average Bonchev–Trinajstić information content (AvgIpc) is 2.88. The zero-order valence-electron chi connectivity index (χ0n) is 12.7. The molecule has 1 N–H and O–H groups in total. The van der Waals surface area contributed by atoms with Gasteiger partial charge in [-0.25, -0.2) is 8.42 Å². The summed E-state index contributed by atoms with van der Waals surface area (Å²) in [6, 6.07) is 3.18. The van der Waals surface area contributed by atoms with Gasteiger partial charge in [0.2, 0.25) is 5.13 Å². The Kier molecular flexibility index (Phi) is 5.30. The lowest BCUT2D eigenvalue weighted by molar-refractivity contribution is 0.411. The SMILES string of the molecule is CCSc1nnc(NS(=O)(=O)c2ccc(OC)c(C)c2C)s1. The number of methoxy groups -OCH3 is 1. The molecule has 0 spiro atoms. The summed E-state index contributed by atoms with van der Waals surface area (Å²) in [5.41, 5.74) is 1.45. The van der Waals surface area contributed by atoms with Crippen molar-refractivity contribution < 1.29 is 13.2 Å². The number of rotatable bonds is 6. The van der Waals surface area contributed by atoms with Crippen LogP contribution in [-0.2, 0) is 10.0 Å². The fraction of sp³-hybridized carbons (Fsp3) is 0.385. The molecular formula is C13H17N3O3S3. The number of hydrogen-bond donors (Lipinski definition) is 1. The predicted octanol–water partition coefficient (Wildman–Crippen LogP) is 3.08. The molecule has 2 aromatic rings. The second-order valence-electron chi connectivity index (χ2n) is 4.43. The van der Waals surface area contributed by atoms with E-state index in [1.54, 1.807) is 20.1 Å². The first-order valence-electron chi connectivity index (χ1n) is 6.52. The monoisotopic (exact) mass is 359 g/mol. The smallest absolute Gasteiger partial charge is 0.263 e. The van der Waals surface area contributed by atoms with E-state index >= 15 is 0 Å². The summed E-state index contributed by atoms with van der Waals surface area (Å²) in [4.78, 5) is 0.214. The summed E-state index contributed by atoms with van der Waals surface area (Å²) < 4.78 is 33.5. The second-order valence-corrected chi connectivity index (χ2v) is 8.57. The van der Waals surface area contributed by atoms with Crippen molar-refractivity contribution in [2.24, 2.45) is 0 Å². The van der Waals surface area contributed by atoms with Crippen molar-refractivity contribution in [3.8, 4) is 5.75 Å². The maximum absolute atomic E-state index is 12.5. The Hall–Kier alpha value is -1.32. The molecule has 0 amide bonds. The highest BCUT2D eigenvalue weighted by molar-refractivity contribution is 8.01. The molecule has 0 saturated carbocycles. The zero-order valence-corrected chi connectivity index (χ0v) is 15.2. The van der Waals surface area contributed by atoms with Crippen LogP contribution < -0.4 is 9.46 Å². The molecule has 1 aromatic heterocycles. The molecule has 0 unspecified atom stereocenters. The third-order valence-electron chi connectivity index (χ3n) is 3.09. The molecule has 0 saturated heterocycles. The normalized spacial score (nSPS) is 11.5. The van der Waals surface area contributed by atoms with Gasteiger partial charge in [-0.1, -0.05) is 30.0 Å². The zero-order chi connectivity index (χ0) is 16.3. The molecule has 120 valence electrons. The van der Waals surface area contributed by atoms with Crippen LogP contribution in [0.2, 0.25) is 0 Å². The van der Waals surface area contributed by atoms with Gasteiger partial charge in [0.1, 0.15) is 5.75 Å². The minimum absolute atomic E-state index is 0.214. The van der Waals surface area contributed by atoms with Gasteiger partial charge in [-0.3, -0.25) is 4.72 Å². The molecule has 1 aromatic carbocycles. The highest BCUT2D eigenvalue weighted by Gasteiger charge is 2.21. The van der Waals surface area contributed by atoms with Crippen LogP contribution >= 0.6 is 23.1 Å². The van der Waals surface area contributed by atoms with Crippen LogP contribution in [0.5, 0.6) is 5.75 Å². The van der Waals surface area contributed by atoms with E-state index in [1.807, 2.05) is 13.8 Å². The van der Waals surface area contributed by atoms with Crippen molar-refractivity contribution in [3.05, 3.63) is 23.3 Å². The molecule has 0 radical (unpaired) electrons. The number of nitrogens with one attached hydrogen (secondary N) is 1. The van der Waals surface area contributed by atoms with E-state index in [4.69, 9.17) is 4.74 Å². The van der Waals surface area contributed by atoms with E-state index in [0.717, 1.165) is 15.7 Å². The van der Waals surface area contributed by atoms with Gasteiger partial charge in [0.15, 0.2) is 4.34 Å². The van der Waals surface area contributed by atoms with Gasteiger partial charge in [0.05, 0.1) is 12.0 Å². The minimum Gasteiger partial charge on any atom is -0.496 e. The Morgan fingerprint density at radius 3 is 2.64 bits per heavy atom. The second kappa shape index (κ2) is 6.84. The molecule has 0 aliphatic heterocycles. The maximum atomic E-state index is 12.5. The van der Waals surface area contributed by atoms with Crippen molar-refractivity contribution >= 4 is 38.3 Å². The third kappa shape index (κ3) is 3.53. The first-order chi connectivity index (χ1) is 10.4. The summed E-state index contributed by atoms with van der Waals surface area (Å²) in [6.07, 6.45) is 0. The van der Waals surface area contributed by atoms with Crippen molar-refractivity contribution in [2.45, 2.75) is 30.0 Å². The van der Waals surface area contributed by atoms with Gasteiger partial charge in [-0.15, -0.1) is 10.2 Å². The molecule has 0 fully saturated rings. The Bertz CT molecular complexity index is 772. The molecule has 1 heterocycles. The van der Waals surface area contributed by atoms with E-state index in [-0.39, 0.29) is 10.0 Å². The molecule has 0 aliphatic rings. The van der Waals surface area contributed by atoms with E-state index in [0.29, 0.717) is 11.3 Å². The summed E-state index contributed by atoms with van der Waals surface area (Å²) in [5.74, 6) is 1.52. The predicted molar refractivity (Wildman–Crippen MR) is 89.6 cm³/mol. The highest BCUT2D eigenvalue weighted by Crippen LogP contribution is 2.30. The summed E-state index contributed by atoms with van der Waals surface area (Å²) >= 11 is 2.74. The van der Waals surface area contributed by atoms with Gasteiger partial charge in [0, 0.05) is 0 Å². The number of thioether (sulfide) groups is 1. The molecular weight excluding hydrogens is 342 g/mol. The van der Waals surface area contributed by atoms with E-state index in [9.17, 15) is 8.42 Å². The fourth-order valence-electron chi connectivity index (χ4n) is 1.89. The minimum atomic E-state index is -3.70. The van der Waals surface area contributed by atoms with Gasteiger partial charge in [-0.05, 0) is 42.9 Å². The van der Waals surface area contributed by atoms with Crippen LogP contribution in [0.4, 0.5) is 5.13 Å². The Morgan fingerprint density at radius 1 is 1.27 bits per heavy atom. The van der Waals surface area contributed by atoms with Gasteiger partial charge >= 0.3 is 0 Å². The highest BCUT2D eigenvalue weighted by atomic mass is 32.2. The number of aromatic nitrogens is 2. The topological polar surface area (TPSA) is 81.2 Å². The van der Waals surface area contributed by atoms with Crippen molar-refractivity contribution in [1.29, 1.82) is 0 Å². The van der Waals surface area contributed by atoms with Crippen LogP contribution in [-0.4, -0.2) is 31.5 Å². The number of anilines is 1. The lowest BCUT2D eigenvalue weighted by atomic mass is 10.1. The van der Waals surface area contributed by atoms with Gasteiger partial charge in [0.25, 0.3) is 10.0 Å². The summed E-state index contributed by atoms with van der Waals surface area (Å²) in [7, 11) is -2.14. The molecule has 0 atom stereocenters. The molecule has 0 aliphatic carbocycles. The maximum Gasteiger partial charge on any atom is 0.263 e. The largest absolute Gasteiger partial charge is 0.496 e. The Morgan fingerprint density at radius 2 is 2.00 bits per heavy atom. The first kappa shape index (κ1) is 17.0. The van der Waals surface area contributed by atoms with Crippen LogP contribution in [0.15, 0.2) is 21.4 Å². The van der Waals surface area contributed by atoms with Crippen molar-refractivity contribution in [1.82, 2.24) is 10.2 Å². The average molecular weight is 359 g/mol.